The zero-order valence-corrected chi connectivity index (χ0v) is 12.5. The smallest absolute Gasteiger partial charge is 0.215 e. The van der Waals surface area contributed by atoms with Gasteiger partial charge in [-0.1, -0.05) is 0 Å². The minimum absolute atomic E-state index is 0.393. The van der Waals surface area contributed by atoms with E-state index < -0.39 is 15.3 Å². The summed E-state index contributed by atoms with van der Waals surface area (Å²) in [5, 5.41) is 2.48. The van der Waals surface area contributed by atoms with Crippen LogP contribution in [0.2, 0.25) is 0 Å². The number of rotatable bonds is 9. The van der Waals surface area contributed by atoms with Gasteiger partial charge in [-0.05, 0) is 47.8 Å². The Morgan fingerprint density at radius 2 is 1.82 bits per heavy atom. The summed E-state index contributed by atoms with van der Waals surface area (Å²) in [5.41, 5.74) is 0. The van der Waals surface area contributed by atoms with E-state index in [0.717, 1.165) is 13.0 Å². The lowest BCUT2D eigenvalue weighted by Crippen LogP contribution is -2.39. The first kappa shape index (κ1) is 16.8. The molecule has 17 heavy (non-hydrogen) atoms. The van der Waals surface area contributed by atoms with Gasteiger partial charge < -0.3 is 10.2 Å². The second-order valence-electron chi connectivity index (χ2n) is 4.74. The summed E-state index contributed by atoms with van der Waals surface area (Å²) in [5.74, 6) is 0. The highest BCUT2D eigenvalue weighted by atomic mass is 32.2. The van der Waals surface area contributed by atoms with Crippen molar-refractivity contribution >= 4 is 10.0 Å². The molecule has 1 atom stereocenters. The third kappa shape index (κ3) is 6.98. The molecule has 0 rings (SSSR count). The second kappa shape index (κ2) is 8.02. The Morgan fingerprint density at radius 3 is 2.29 bits per heavy atom. The molecule has 0 spiro atoms. The summed E-state index contributed by atoms with van der Waals surface area (Å²) in [6, 6.07) is 0.495. The zero-order valence-electron chi connectivity index (χ0n) is 11.7. The fourth-order valence-electron chi connectivity index (χ4n) is 1.34. The molecule has 0 aromatic carbocycles. The quantitative estimate of drug-likeness (QED) is 0.587. The monoisotopic (exact) mass is 265 g/mol. The van der Waals surface area contributed by atoms with Crippen molar-refractivity contribution in [2.75, 3.05) is 33.7 Å². The van der Waals surface area contributed by atoms with Crippen LogP contribution in [-0.2, 0) is 10.0 Å². The predicted octanol–water partition coefficient (Wildman–Crippen LogP) is 0.244. The van der Waals surface area contributed by atoms with Crippen LogP contribution in [-0.4, -0.2) is 58.3 Å². The third-order valence-corrected chi connectivity index (χ3v) is 4.73. The molecular formula is C11H27N3O2S. The maximum atomic E-state index is 11.7. The van der Waals surface area contributed by atoms with E-state index in [1.165, 1.54) is 0 Å². The summed E-state index contributed by atoms with van der Waals surface area (Å²) in [4.78, 5) is 2.20. The van der Waals surface area contributed by atoms with Gasteiger partial charge in [-0.3, -0.25) is 0 Å². The molecule has 0 saturated carbocycles. The maximum Gasteiger partial charge on any atom is 0.215 e. The van der Waals surface area contributed by atoms with Crippen molar-refractivity contribution in [3.8, 4) is 0 Å². The highest BCUT2D eigenvalue weighted by Crippen LogP contribution is 1.98. The molecule has 0 radical (unpaired) electrons. The van der Waals surface area contributed by atoms with Crippen molar-refractivity contribution < 1.29 is 8.42 Å². The van der Waals surface area contributed by atoms with Gasteiger partial charge in [0.2, 0.25) is 10.0 Å². The van der Waals surface area contributed by atoms with Crippen molar-refractivity contribution in [2.45, 2.75) is 38.5 Å². The average Bonchev–Trinajstić information content (AvgIpc) is 2.24. The van der Waals surface area contributed by atoms with E-state index in [1.54, 1.807) is 14.0 Å². The fraction of sp³-hybridized carbons (Fsp3) is 1.00. The van der Waals surface area contributed by atoms with Gasteiger partial charge in [-0.25, -0.2) is 13.1 Å². The van der Waals surface area contributed by atoms with Crippen molar-refractivity contribution in [3.05, 3.63) is 0 Å². The van der Waals surface area contributed by atoms with E-state index in [9.17, 15) is 8.42 Å². The predicted molar refractivity (Wildman–Crippen MR) is 72.7 cm³/mol. The van der Waals surface area contributed by atoms with Gasteiger partial charge in [0.25, 0.3) is 0 Å². The number of nitrogens with zero attached hydrogens (tertiary/aromatic N) is 1. The Kier molecular flexibility index (Phi) is 7.94. The van der Waals surface area contributed by atoms with Crippen LogP contribution in [0.25, 0.3) is 0 Å². The molecular weight excluding hydrogens is 238 g/mol. The molecule has 0 aliphatic heterocycles. The summed E-state index contributed by atoms with van der Waals surface area (Å²) in [7, 11) is 0.626. The molecule has 2 N–H and O–H groups in total. The van der Waals surface area contributed by atoms with E-state index in [2.05, 4.69) is 28.8 Å². The van der Waals surface area contributed by atoms with Crippen LogP contribution < -0.4 is 10.0 Å². The summed E-state index contributed by atoms with van der Waals surface area (Å²) in [6.45, 7) is 7.84. The van der Waals surface area contributed by atoms with E-state index in [-0.39, 0.29) is 0 Å². The number of sulfonamides is 1. The first-order chi connectivity index (χ1) is 7.81. The van der Waals surface area contributed by atoms with Crippen LogP contribution >= 0.6 is 0 Å². The van der Waals surface area contributed by atoms with E-state index in [0.29, 0.717) is 19.1 Å². The molecule has 0 aromatic heterocycles. The number of hydrogen-bond donors (Lipinski definition) is 2. The van der Waals surface area contributed by atoms with E-state index in [4.69, 9.17) is 0 Å². The standard InChI is InChI=1S/C11H27N3O2S/c1-10(2)14(5)8-6-7-13-17(15,16)11(3)9-12-4/h10-13H,6-9H2,1-5H3. The van der Waals surface area contributed by atoms with Crippen molar-refractivity contribution in [2.24, 2.45) is 0 Å². The molecule has 0 amide bonds. The second-order valence-corrected chi connectivity index (χ2v) is 6.92. The van der Waals surface area contributed by atoms with Gasteiger partial charge in [-0.15, -0.1) is 0 Å². The summed E-state index contributed by atoms with van der Waals surface area (Å²) >= 11 is 0. The molecule has 6 heteroatoms. The Bertz CT molecular complexity index is 291. The highest BCUT2D eigenvalue weighted by molar-refractivity contribution is 7.90. The van der Waals surface area contributed by atoms with Gasteiger partial charge in [0.1, 0.15) is 0 Å². The lowest BCUT2D eigenvalue weighted by molar-refractivity contribution is 0.271. The SMILES string of the molecule is CNCC(C)S(=O)(=O)NCCCN(C)C(C)C. The molecule has 0 aliphatic rings. The first-order valence-electron chi connectivity index (χ1n) is 6.14. The van der Waals surface area contributed by atoms with Crippen LogP contribution in [0.5, 0.6) is 0 Å². The first-order valence-corrected chi connectivity index (χ1v) is 7.69. The van der Waals surface area contributed by atoms with Crippen molar-refractivity contribution in [3.63, 3.8) is 0 Å². The van der Waals surface area contributed by atoms with Gasteiger partial charge in [0, 0.05) is 19.1 Å². The molecule has 0 saturated heterocycles. The minimum atomic E-state index is -3.17. The number of nitrogens with one attached hydrogen (secondary N) is 2. The van der Waals surface area contributed by atoms with Gasteiger partial charge in [0.05, 0.1) is 5.25 Å². The van der Waals surface area contributed by atoms with Crippen LogP contribution in [0, 0.1) is 0 Å². The number of hydrogen-bond acceptors (Lipinski definition) is 4. The fourth-order valence-corrected chi connectivity index (χ4v) is 2.44. The van der Waals surface area contributed by atoms with Crippen molar-refractivity contribution in [1.29, 1.82) is 0 Å². The summed E-state index contributed by atoms with van der Waals surface area (Å²) in [6.07, 6.45) is 0.834. The van der Waals surface area contributed by atoms with Crippen LogP contribution in [0.4, 0.5) is 0 Å². The van der Waals surface area contributed by atoms with Crippen LogP contribution in [0.3, 0.4) is 0 Å². The van der Waals surface area contributed by atoms with Crippen LogP contribution in [0.15, 0.2) is 0 Å². The van der Waals surface area contributed by atoms with E-state index in [1.807, 2.05) is 7.05 Å². The summed E-state index contributed by atoms with van der Waals surface area (Å²) < 4.78 is 26.1. The lowest BCUT2D eigenvalue weighted by atomic mass is 10.3. The highest BCUT2D eigenvalue weighted by Gasteiger charge is 2.18. The minimum Gasteiger partial charge on any atom is -0.318 e. The van der Waals surface area contributed by atoms with E-state index >= 15 is 0 Å². The zero-order chi connectivity index (χ0) is 13.5. The normalized spacial score (nSPS) is 14.5. The van der Waals surface area contributed by atoms with Gasteiger partial charge >= 0.3 is 0 Å². The Hall–Kier alpha value is -0.170. The Morgan fingerprint density at radius 1 is 1.24 bits per heavy atom. The molecule has 0 bridgehead atoms. The third-order valence-electron chi connectivity index (χ3n) is 2.89. The largest absolute Gasteiger partial charge is 0.318 e. The van der Waals surface area contributed by atoms with Gasteiger partial charge in [0.15, 0.2) is 0 Å². The van der Waals surface area contributed by atoms with Gasteiger partial charge in [-0.2, -0.15) is 0 Å². The molecule has 1 unspecified atom stereocenters. The Balaban J connectivity index is 3.88. The maximum absolute atomic E-state index is 11.7. The van der Waals surface area contributed by atoms with Crippen LogP contribution in [0.1, 0.15) is 27.2 Å². The molecule has 0 heterocycles. The molecule has 5 nitrogen and oxygen atoms in total. The van der Waals surface area contributed by atoms with Crippen molar-refractivity contribution in [1.82, 2.24) is 14.9 Å². The lowest BCUT2D eigenvalue weighted by Gasteiger charge is -2.21. The topological polar surface area (TPSA) is 61.4 Å². The Labute approximate surface area is 106 Å². The molecule has 0 fully saturated rings. The molecule has 0 aliphatic carbocycles. The molecule has 0 aromatic rings. The average molecular weight is 265 g/mol. The molecule has 104 valence electrons.